The molecule has 2 heterocycles. The molecule has 1 aliphatic rings. The van der Waals surface area contributed by atoms with Crippen molar-refractivity contribution >= 4 is 22.9 Å². The quantitative estimate of drug-likeness (QED) is 0.621. The van der Waals surface area contributed by atoms with E-state index in [4.69, 9.17) is 4.74 Å². The lowest BCUT2D eigenvalue weighted by Crippen LogP contribution is -2.49. The molecule has 0 spiro atoms. The first-order valence-corrected chi connectivity index (χ1v) is 10.8. The minimum atomic E-state index is 0.148. The first-order chi connectivity index (χ1) is 14.2. The lowest BCUT2D eigenvalue weighted by atomic mass is 10.2. The Morgan fingerprint density at radius 2 is 1.86 bits per heavy atom. The van der Waals surface area contributed by atoms with Gasteiger partial charge in [-0.1, -0.05) is 30.3 Å². The molecule has 0 aliphatic carbocycles. The third-order valence-corrected chi connectivity index (χ3v) is 5.91. The first-order valence-electron chi connectivity index (χ1n) is 9.88. The van der Waals surface area contributed by atoms with Crippen molar-refractivity contribution in [2.24, 2.45) is 0 Å². The highest BCUT2D eigenvalue weighted by Gasteiger charge is 2.22. The lowest BCUT2D eigenvalue weighted by Gasteiger charge is -2.36. The molecule has 1 amide bonds. The molecule has 6 heteroatoms. The van der Waals surface area contributed by atoms with E-state index in [2.05, 4.69) is 41.1 Å². The average Bonchev–Trinajstić information content (AvgIpc) is 3.20. The monoisotopic (exact) mass is 407 g/mol. The minimum absolute atomic E-state index is 0.148. The maximum absolute atomic E-state index is 12.7. The van der Waals surface area contributed by atoms with E-state index in [1.54, 1.807) is 11.3 Å². The molecule has 150 valence electrons. The van der Waals surface area contributed by atoms with Gasteiger partial charge in [-0.25, -0.2) is 4.98 Å². The number of hydrogen-bond donors (Lipinski definition) is 0. The molecular weight excluding hydrogens is 382 g/mol. The Labute approximate surface area is 175 Å². The normalized spacial score (nSPS) is 14.1. The number of benzene rings is 2. The molecule has 0 saturated carbocycles. The third kappa shape index (κ3) is 5.15. The van der Waals surface area contributed by atoms with Crippen molar-refractivity contribution in [2.45, 2.75) is 20.0 Å². The largest absolute Gasteiger partial charge is 0.486 e. The predicted octanol–water partition coefficient (Wildman–Crippen LogP) is 3.92. The van der Waals surface area contributed by atoms with Gasteiger partial charge in [0.1, 0.15) is 17.4 Å². The lowest BCUT2D eigenvalue weighted by molar-refractivity contribution is -0.130. The van der Waals surface area contributed by atoms with Crippen LogP contribution in [0.2, 0.25) is 0 Å². The average molecular weight is 408 g/mol. The van der Waals surface area contributed by atoms with Crippen LogP contribution in [0.25, 0.3) is 0 Å². The van der Waals surface area contributed by atoms with E-state index in [0.717, 1.165) is 42.6 Å². The van der Waals surface area contributed by atoms with Crippen molar-refractivity contribution < 1.29 is 9.53 Å². The second kappa shape index (κ2) is 9.09. The zero-order chi connectivity index (χ0) is 20.1. The summed E-state index contributed by atoms with van der Waals surface area (Å²) < 4.78 is 5.74. The summed E-state index contributed by atoms with van der Waals surface area (Å²) in [5, 5.41) is 2.85. The number of ether oxygens (including phenoxy) is 1. The number of piperazine rings is 1. The highest BCUT2D eigenvalue weighted by atomic mass is 32.1. The highest BCUT2D eigenvalue weighted by Crippen LogP contribution is 2.19. The van der Waals surface area contributed by atoms with Crippen molar-refractivity contribution in [3.8, 4) is 5.75 Å². The fourth-order valence-electron chi connectivity index (χ4n) is 3.46. The molecular formula is C23H25N3O2S. The zero-order valence-corrected chi connectivity index (χ0v) is 17.4. The Balaban J connectivity index is 1.26. The van der Waals surface area contributed by atoms with Crippen LogP contribution in [0, 0.1) is 6.92 Å². The second-order valence-electron chi connectivity index (χ2n) is 7.22. The predicted molar refractivity (Wildman–Crippen MR) is 117 cm³/mol. The maximum Gasteiger partial charge on any atom is 0.228 e. The topological polar surface area (TPSA) is 45.7 Å². The first kappa shape index (κ1) is 19.5. The molecule has 2 aromatic carbocycles. The fraction of sp³-hybridized carbons (Fsp3) is 0.304. The van der Waals surface area contributed by atoms with E-state index < -0.39 is 0 Å². The van der Waals surface area contributed by atoms with Crippen LogP contribution >= 0.6 is 11.3 Å². The van der Waals surface area contributed by atoms with Crippen molar-refractivity contribution in [3.05, 3.63) is 76.2 Å². The van der Waals surface area contributed by atoms with Crippen LogP contribution in [-0.4, -0.2) is 42.0 Å². The molecule has 0 atom stereocenters. The van der Waals surface area contributed by atoms with E-state index in [-0.39, 0.29) is 5.91 Å². The summed E-state index contributed by atoms with van der Waals surface area (Å²) in [5.41, 5.74) is 3.32. The van der Waals surface area contributed by atoms with Crippen LogP contribution in [-0.2, 0) is 17.8 Å². The number of para-hydroxylation sites is 1. The van der Waals surface area contributed by atoms with Crippen LogP contribution in [0.5, 0.6) is 5.75 Å². The fourth-order valence-corrected chi connectivity index (χ4v) is 4.17. The summed E-state index contributed by atoms with van der Waals surface area (Å²) in [6.45, 7) is 5.76. The molecule has 3 aromatic rings. The molecule has 0 N–H and O–H groups in total. The van der Waals surface area contributed by atoms with Crippen molar-refractivity contribution in [3.63, 3.8) is 0 Å². The summed E-state index contributed by atoms with van der Waals surface area (Å²) in [5.74, 6) is 0.974. The summed E-state index contributed by atoms with van der Waals surface area (Å²) >= 11 is 1.54. The van der Waals surface area contributed by atoms with Gasteiger partial charge in [-0.05, 0) is 36.8 Å². The van der Waals surface area contributed by atoms with Gasteiger partial charge in [0.15, 0.2) is 0 Å². The van der Waals surface area contributed by atoms with E-state index in [9.17, 15) is 4.79 Å². The van der Waals surface area contributed by atoms with Crippen molar-refractivity contribution in [1.29, 1.82) is 0 Å². The molecule has 4 rings (SSSR count). The second-order valence-corrected chi connectivity index (χ2v) is 8.16. The summed E-state index contributed by atoms with van der Waals surface area (Å²) in [7, 11) is 0. The van der Waals surface area contributed by atoms with E-state index >= 15 is 0 Å². The van der Waals surface area contributed by atoms with Crippen LogP contribution in [0.3, 0.4) is 0 Å². The number of aryl methyl sites for hydroxylation is 1. The van der Waals surface area contributed by atoms with Gasteiger partial charge in [0.2, 0.25) is 5.91 Å². The Hall–Kier alpha value is -2.86. The summed E-state index contributed by atoms with van der Waals surface area (Å²) in [4.78, 5) is 21.6. The zero-order valence-electron chi connectivity index (χ0n) is 16.6. The van der Waals surface area contributed by atoms with E-state index in [1.165, 1.54) is 11.3 Å². The van der Waals surface area contributed by atoms with Crippen molar-refractivity contribution in [1.82, 2.24) is 9.88 Å². The van der Waals surface area contributed by atoms with Crippen molar-refractivity contribution in [2.75, 3.05) is 31.1 Å². The molecule has 0 radical (unpaired) electrons. The third-order valence-electron chi connectivity index (χ3n) is 5.04. The molecule has 0 unspecified atom stereocenters. The van der Waals surface area contributed by atoms with Gasteiger partial charge in [-0.2, -0.15) is 0 Å². The standard InChI is InChI=1S/C23H25N3O2S/c1-18-6-5-7-20(14-18)25-10-12-26(13-11-25)23(27)15-19-17-29-22(24-19)16-28-21-8-3-2-4-9-21/h2-9,14,17H,10-13,15-16H2,1H3. The summed E-state index contributed by atoms with van der Waals surface area (Å²) in [6, 6.07) is 18.2. The molecule has 29 heavy (non-hydrogen) atoms. The SMILES string of the molecule is Cc1cccc(N2CCN(C(=O)Cc3csc(COc4ccccc4)n3)CC2)c1. The van der Waals surface area contributed by atoms with Gasteiger partial charge in [-0.15, -0.1) is 11.3 Å². The molecule has 1 saturated heterocycles. The van der Waals surface area contributed by atoms with Crippen LogP contribution < -0.4 is 9.64 Å². The molecule has 1 aliphatic heterocycles. The number of hydrogen-bond acceptors (Lipinski definition) is 5. The minimum Gasteiger partial charge on any atom is -0.486 e. The highest BCUT2D eigenvalue weighted by molar-refractivity contribution is 7.09. The van der Waals surface area contributed by atoms with Crippen LogP contribution in [0.15, 0.2) is 60.0 Å². The van der Waals surface area contributed by atoms with Gasteiger partial charge in [-0.3, -0.25) is 4.79 Å². The van der Waals surface area contributed by atoms with Crippen LogP contribution in [0.4, 0.5) is 5.69 Å². The number of thiazole rings is 1. The molecule has 1 aromatic heterocycles. The van der Waals surface area contributed by atoms with E-state index in [0.29, 0.717) is 13.0 Å². The van der Waals surface area contributed by atoms with Gasteiger partial charge in [0.25, 0.3) is 0 Å². The van der Waals surface area contributed by atoms with Gasteiger partial charge < -0.3 is 14.5 Å². The molecule has 0 bridgehead atoms. The van der Waals surface area contributed by atoms with Crippen LogP contribution in [0.1, 0.15) is 16.3 Å². The Bertz CT molecular complexity index is 950. The Morgan fingerprint density at radius 1 is 1.07 bits per heavy atom. The Morgan fingerprint density at radius 3 is 2.62 bits per heavy atom. The number of amides is 1. The Kier molecular flexibility index (Phi) is 6.10. The molecule has 5 nitrogen and oxygen atoms in total. The number of aromatic nitrogens is 1. The number of nitrogens with zero attached hydrogens (tertiary/aromatic N) is 3. The van der Waals surface area contributed by atoms with E-state index in [1.807, 2.05) is 40.6 Å². The maximum atomic E-state index is 12.7. The summed E-state index contributed by atoms with van der Waals surface area (Å²) in [6.07, 6.45) is 0.353. The smallest absolute Gasteiger partial charge is 0.228 e. The van der Waals surface area contributed by atoms with Gasteiger partial charge in [0, 0.05) is 37.2 Å². The number of carbonyl (C=O) groups is 1. The number of carbonyl (C=O) groups excluding carboxylic acids is 1. The molecule has 1 fully saturated rings. The van der Waals surface area contributed by atoms with Gasteiger partial charge in [0.05, 0.1) is 12.1 Å². The number of rotatable bonds is 6. The van der Waals surface area contributed by atoms with Gasteiger partial charge >= 0.3 is 0 Å². The number of anilines is 1.